The van der Waals surface area contributed by atoms with Crippen molar-refractivity contribution in [3.8, 4) is 5.75 Å². The van der Waals surface area contributed by atoms with Gasteiger partial charge in [-0.3, -0.25) is 4.84 Å². The van der Waals surface area contributed by atoms with Crippen molar-refractivity contribution in [2.24, 2.45) is 11.3 Å². The normalized spacial score (nSPS) is 31.2. The Morgan fingerprint density at radius 3 is 2.10 bits per heavy atom. The number of hydrogen-bond donors (Lipinski definition) is 0. The molecule has 3 aliphatic rings. The van der Waals surface area contributed by atoms with Crippen molar-refractivity contribution in [3.05, 3.63) is 41.5 Å². The number of hydroxylamine groups is 2. The number of allylic oxidation sites excluding steroid dienone is 1. The van der Waals surface area contributed by atoms with Crippen molar-refractivity contribution in [2.45, 2.75) is 128 Å². The third-order valence-electron chi connectivity index (χ3n) is 11.3. The summed E-state index contributed by atoms with van der Waals surface area (Å²) >= 11 is 0. The first kappa shape index (κ1) is 32.5. The van der Waals surface area contributed by atoms with E-state index in [2.05, 4.69) is 105 Å². The van der Waals surface area contributed by atoms with Gasteiger partial charge in [0.05, 0.1) is 24.8 Å². The number of ether oxygens (including phenoxy) is 1. The van der Waals surface area contributed by atoms with Crippen molar-refractivity contribution >= 4 is 22.6 Å². The third-order valence-corrected chi connectivity index (χ3v) is 20.2. The minimum absolute atomic E-state index is 0.00712. The summed E-state index contributed by atoms with van der Waals surface area (Å²) < 4.78 is 19.0. The summed E-state index contributed by atoms with van der Waals surface area (Å²) in [4.78, 5) is 20.1. The fourth-order valence-electron chi connectivity index (χ4n) is 6.69. The molecule has 41 heavy (non-hydrogen) atoms. The Hall–Kier alpha value is -1.46. The molecule has 0 aromatic heterocycles. The SMILES string of the molecule is COC(=O)C1=CC[C@]2(C)[C@@H](O[Si](C)(C)C(C)(C)C)CC[C@H]2[C@@]12CC(c1ccc(O[Si](C)(C)C(C)(C)C)cc1)N(C)O2. The van der Waals surface area contributed by atoms with Gasteiger partial charge in [0.25, 0.3) is 0 Å². The zero-order chi connectivity index (χ0) is 30.8. The Morgan fingerprint density at radius 1 is 0.976 bits per heavy atom. The molecule has 1 saturated heterocycles. The lowest BCUT2D eigenvalue weighted by Crippen LogP contribution is -2.55. The predicted octanol–water partition coefficient (Wildman–Crippen LogP) is 8.43. The maximum Gasteiger partial charge on any atom is 0.336 e. The molecule has 230 valence electrons. The second kappa shape index (κ2) is 10.6. The number of benzene rings is 1. The molecular weight excluding hydrogens is 547 g/mol. The van der Waals surface area contributed by atoms with Gasteiger partial charge in [0, 0.05) is 24.8 Å². The van der Waals surface area contributed by atoms with Crippen LogP contribution in [0.3, 0.4) is 0 Å². The molecule has 1 aliphatic heterocycles. The van der Waals surface area contributed by atoms with E-state index in [4.69, 9.17) is 18.4 Å². The number of fused-ring (bicyclic) bond motifs is 2. The second-order valence-electron chi connectivity index (χ2n) is 16.0. The molecule has 0 radical (unpaired) electrons. The van der Waals surface area contributed by atoms with E-state index in [1.54, 1.807) is 0 Å². The molecule has 2 aliphatic carbocycles. The van der Waals surface area contributed by atoms with Crippen LogP contribution in [0, 0.1) is 11.3 Å². The minimum Gasteiger partial charge on any atom is -0.544 e. The fraction of sp³-hybridized carbons (Fsp3) is 0.727. The first-order chi connectivity index (χ1) is 18.7. The number of esters is 1. The van der Waals surface area contributed by atoms with Gasteiger partial charge in [-0.05, 0) is 73.2 Å². The summed E-state index contributed by atoms with van der Waals surface area (Å²) in [5.41, 5.74) is 0.962. The van der Waals surface area contributed by atoms with Gasteiger partial charge < -0.3 is 13.6 Å². The number of methoxy groups -OCH3 is 1. The van der Waals surface area contributed by atoms with Crippen molar-refractivity contribution in [1.29, 1.82) is 0 Å². The van der Waals surface area contributed by atoms with Crippen LogP contribution in [0.15, 0.2) is 35.9 Å². The predicted molar refractivity (Wildman–Crippen MR) is 171 cm³/mol. The van der Waals surface area contributed by atoms with Crippen LogP contribution in [0.5, 0.6) is 5.75 Å². The molecule has 0 N–H and O–H groups in total. The van der Waals surface area contributed by atoms with E-state index in [1.165, 1.54) is 7.11 Å². The summed E-state index contributed by atoms with van der Waals surface area (Å²) in [7, 11) is -0.434. The van der Waals surface area contributed by atoms with Crippen molar-refractivity contribution < 1.29 is 23.2 Å². The third kappa shape index (κ3) is 5.64. The quantitative estimate of drug-likeness (QED) is 0.241. The minimum atomic E-state index is -1.98. The largest absolute Gasteiger partial charge is 0.544 e. The van der Waals surface area contributed by atoms with Gasteiger partial charge in [0.15, 0.2) is 8.32 Å². The maximum atomic E-state index is 13.2. The van der Waals surface area contributed by atoms with Crippen molar-refractivity contribution in [1.82, 2.24) is 5.06 Å². The van der Waals surface area contributed by atoms with Gasteiger partial charge in [-0.25, -0.2) is 4.79 Å². The van der Waals surface area contributed by atoms with Crippen LogP contribution in [0.4, 0.5) is 0 Å². The van der Waals surface area contributed by atoms with Crippen LogP contribution in [0.1, 0.15) is 85.8 Å². The van der Waals surface area contributed by atoms with E-state index < -0.39 is 22.2 Å². The van der Waals surface area contributed by atoms with Gasteiger partial charge >= 0.3 is 5.97 Å². The van der Waals surface area contributed by atoms with Crippen LogP contribution in [0.2, 0.25) is 36.3 Å². The van der Waals surface area contributed by atoms with E-state index >= 15 is 0 Å². The van der Waals surface area contributed by atoms with Gasteiger partial charge in [0.2, 0.25) is 8.32 Å². The lowest BCUT2D eigenvalue weighted by Gasteiger charge is -2.50. The molecule has 0 amide bonds. The number of nitrogens with zero attached hydrogens (tertiary/aromatic N) is 1. The van der Waals surface area contributed by atoms with Crippen molar-refractivity contribution in [3.63, 3.8) is 0 Å². The molecule has 6 nitrogen and oxygen atoms in total. The number of hydrogen-bond acceptors (Lipinski definition) is 6. The first-order valence-corrected chi connectivity index (χ1v) is 21.2. The van der Waals surface area contributed by atoms with Crippen LogP contribution in [0.25, 0.3) is 0 Å². The fourth-order valence-corrected chi connectivity index (χ4v) is 9.17. The Labute approximate surface area is 251 Å². The monoisotopic (exact) mass is 601 g/mol. The average Bonchev–Trinajstić information content (AvgIpc) is 3.35. The van der Waals surface area contributed by atoms with Crippen LogP contribution < -0.4 is 4.43 Å². The van der Waals surface area contributed by atoms with Gasteiger partial charge in [-0.15, -0.1) is 0 Å². The van der Waals surface area contributed by atoms with Crippen molar-refractivity contribution in [2.75, 3.05) is 14.2 Å². The molecule has 5 atom stereocenters. The lowest BCUT2D eigenvalue weighted by atomic mass is 9.60. The number of rotatable bonds is 6. The smallest absolute Gasteiger partial charge is 0.336 e. The summed E-state index contributed by atoms with van der Waals surface area (Å²) in [6.07, 6.45) is 5.67. The van der Waals surface area contributed by atoms with Crippen LogP contribution >= 0.6 is 0 Å². The maximum absolute atomic E-state index is 13.2. The molecule has 0 bridgehead atoms. The molecule has 1 spiro atoms. The van der Waals surface area contributed by atoms with Crippen LogP contribution in [-0.2, 0) is 18.8 Å². The number of carbonyl (C=O) groups excluding carboxylic acids is 1. The van der Waals surface area contributed by atoms with Crippen LogP contribution in [-0.4, -0.2) is 53.5 Å². The Balaban J connectivity index is 1.65. The standard InChI is InChI=1S/C33H55NO5Si2/c1-30(2,3)40(10,11)37-24-16-14-23(15-17-24)26-22-33(39-34(26)8)25(29(35)36-9)20-21-32(7)27(33)18-19-28(32)38-41(12,13)31(4,5)6/h14-17,20,26-28H,18-19,21-22H2,1-13H3/t26?,27-,28+,32+,33-/m1/s1. The Bertz CT molecular complexity index is 1170. The highest BCUT2D eigenvalue weighted by atomic mass is 28.4. The highest BCUT2D eigenvalue weighted by molar-refractivity contribution is 6.75. The Morgan fingerprint density at radius 2 is 1.56 bits per heavy atom. The van der Waals surface area contributed by atoms with Gasteiger partial charge in [-0.2, -0.15) is 5.06 Å². The highest BCUT2D eigenvalue weighted by Crippen LogP contribution is 2.63. The molecule has 1 unspecified atom stereocenters. The summed E-state index contributed by atoms with van der Waals surface area (Å²) in [6, 6.07) is 8.51. The van der Waals surface area contributed by atoms with E-state index in [-0.39, 0.29) is 39.5 Å². The molecule has 2 fully saturated rings. The molecular formula is C33H55NO5Si2. The topological polar surface area (TPSA) is 57.2 Å². The molecule has 4 rings (SSSR count). The molecule has 8 heteroatoms. The average molecular weight is 602 g/mol. The van der Waals surface area contributed by atoms with E-state index in [0.717, 1.165) is 30.6 Å². The van der Waals surface area contributed by atoms with Gasteiger partial charge in [0.1, 0.15) is 11.4 Å². The van der Waals surface area contributed by atoms with Gasteiger partial charge in [-0.1, -0.05) is 66.7 Å². The Kier molecular flexibility index (Phi) is 8.40. The molecule has 1 aromatic rings. The zero-order valence-corrected chi connectivity index (χ0v) is 29.9. The molecule has 1 aromatic carbocycles. The number of carbonyl (C=O) groups is 1. The zero-order valence-electron chi connectivity index (χ0n) is 27.9. The molecule has 1 heterocycles. The molecule has 1 saturated carbocycles. The van der Waals surface area contributed by atoms with E-state index in [0.29, 0.717) is 12.0 Å². The first-order valence-electron chi connectivity index (χ1n) is 15.4. The highest BCUT2D eigenvalue weighted by Gasteiger charge is 2.65. The van der Waals surface area contributed by atoms with E-state index in [9.17, 15) is 4.79 Å². The lowest BCUT2D eigenvalue weighted by molar-refractivity contribution is -0.213. The summed E-state index contributed by atoms with van der Waals surface area (Å²) in [6.45, 7) is 25.3. The summed E-state index contributed by atoms with van der Waals surface area (Å²) in [5.74, 6) is 0.781. The second-order valence-corrected chi connectivity index (χ2v) is 25.5. The summed E-state index contributed by atoms with van der Waals surface area (Å²) in [5, 5.41) is 2.24. The van der Waals surface area contributed by atoms with E-state index in [1.807, 2.05) is 12.1 Å².